The minimum atomic E-state index is -1.24. The lowest BCUT2D eigenvalue weighted by Gasteiger charge is -2.14. The average Bonchev–Trinajstić information content (AvgIpc) is 2.44. The van der Waals surface area contributed by atoms with Crippen LogP contribution in [0.4, 0.5) is 8.78 Å². The molecule has 0 aliphatic rings. The molecule has 3 nitrogen and oxygen atoms in total. The van der Waals surface area contributed by atoms with E-state index >= 15 is 0 Å². The monoisotopic (exact) mass is 330 g/mol. The molecule has 0 fully saturated rings. The summed E-state index contributed by atoms with van der Waals surface area (Å²) in [7, 11) is 1.16. The van der Waals surface area contributed by atoms with Gasteiger partial charge in [-0.15, -0.1) is 0 Å². The Morgan fingerprint density at radius 2 is 1.68 bits per heavy atom. The molecule has 6 heteroatoms. The van der Waals surface area contributed by atoms with E-state index in [0.29, 0.717) is 5.75 Å². The molecule has 0 saturated carbocycles. The van der Waals surface area contributed by atoms with Crippen LogP contribution in [0, 0.1) is 11.6 Å². The Morgan fingerprint density at radius 1 is 1.05 bits per heavy atom. The van der Waals surface area contributed by atoms with Gasteiger partial charge in [-0.1, -0.05) is 18.2 Å². The fraction of sp³-hybridized carbons (Fsp3) is 0.0769. The molecule has 0 amide bonds. The van der Waals surface area contributed by atoms with Crippen molar-refractivity contribution < 1.29 is 23.4 Å². The first kappa shape index (κ1) is 13.6. The van der Waals surface area contributed by atoms with Gasteiger partial charge in [0.25, 0.3) is 0 Å². The van der Waals surface area contributed by atoms with Gasteiger partial charge in [0.05, 0.1) is 7.11 Å². The molecule has 0 spiro atoms. The highest BCUT2D eigenvalue weighted by Gasteiger charge is 2.25. The number of phenols is 1. The van der Waals surface area contributed by atoms with Crippen molar-refractivity contribution in [1.82, 2.24) is 0 Å². The number of benzene rings is 2. The lowest BCUT2D eigenvalue weighted by atomic mass is 10.2. The molecule has 0 aliphatic carbocycles. The SMILES string of the molecule is COc1c(F)c(F)c(Br)c(O)c1Oc1ccccc1. The Labute approximate surface area is 116 Å². The van der Waals surface area contributed by atoms with Crippen molar-refractivity contribution in [3.8, 4) is 23.0 Å². The maximum absolute atomic E-state index is 13.7. The summed E-state index contributed by atoms with van der Waals surface area (Å²) in [5.41, 5.74) is 0. The van der Waals surface area contributed by atoms with Crippen molar-refractivity contribution in [2.75, 3.05) is 7.11 Å². The number of halogens is 3. The first-order valence-corrected chi connectivity index (χ1v) is 6.01. The molecule has 2 rings (SSSR count). The number of hydrogen-bond acceptors (Lipinski definition) is 3. The minimum Gasteiger partial charge on any atom is -0.503 e. The van der Waals surface area contributed by atoms with Gasteiger partial charge in [0.15, 0.2) is 11.6 Å². The fourth-order valence-corrected chi connectivity index (χ4v) is 1.84. The topological polar surface area (TPSA) is 38.7 Å². The van der Waals surface area contributed by atoms with E-state index in [4.69, 9.17) is 9.47 Å². The second-order valence-corrected chi connectivity index (χ2v) is 4.36. The van der Waals surface area contributed by atoms with Gasteiger partial charge in [-0.05, 0) is 28.1 Å². The highest BCUT2D eigenvalue weighted by Crippen LogP contribution is 2.47. The van der Waals surface area contributed by atoms with Gasteiger partial charge in [0, 0.05) is 0 Å². The van der Waals surface area contributed by atoms with E-state index in [0.717, 1.165) is 7.11 Å². The van der Waals surface area contributed by atoms with Crippen LogP contribution >= 0.6 is 15.9 Å². The maximum Gasteiger partial charge on any atom is 0.215 e. The summed E-state index contributed by atoms with van der Waals surface area (Å²) in [6, 6.07) is 8.38. The molecule has 0 aromatic heterocycles. The van der Waals surface area contributed by atoms with Gasteiger partial charge in [-0.2, -0.15) is 4.39 Å². The minimum absolute atomic E-state index is 0.292. The number of hydrogen-bond donors (Lipinski definition) is 1. The Hall–Kier alpha value is -1.82. The Morgan fingerprint density at radius 3 is 2.26 bits per heavy atom. The first-order valence-electron chi connectivity index (χ1n) is 5.22. The van der Waals surface area contributed by atoms with Gasteiger partial charge in [-0.3, -0.25) is 0 Å². The summed E-state index contributed by atoms with van der Waals surface area (Å²) in [6.07, 6.45) is 0. The zero-order chi connectivity index (χ0) is 14.0. The first-order chi connectivity index (χ1) is 9.06. The molecule has 1 N–H and O–H groups in total. The lowest BCUT2D eigenvalue weighted by molar-refractivity contribution is 0.325. The second kappa shape index (κ2) is 5.44. The molecule has 0 unspecified atom stereocenters. The quantitative estimate of drug-likeness (QED) is 0.856. The third-order valence-electron chi connectivity index (χ3n) is 2.38. The number of ether oxygens (including phenoxy) is 2. The number of para-hydroxylation sites is 1. The number of rotatable bonds is 3. The van der Waals surface area contributed by atoms with E-state index in [-0.39, 0.29) is 5.75 Å². The molecule has 0 radical (unpaired) electrons. The molecule has 0 saturated heterocycles. The van der Waals surface area contributed by atoms with Crippen molar-refractivity contribution in [3.05, 3.63) is 46.4 Å². The highest BCUT2D eigenvalue weighted by atomic mass is 79.9. The third kappa shape index (κ3) is 2.49. The van der Waals surface area contributed by atoms with E-state index in [2.05, 4.69) is 15.9 Å². The van der Waals surface area contributed by atoms with Crippen LogP contribution in [0.15, 0.2) is 34.8 Å². The number of phenolic OH excluding ortho intramolecular Hbond substituents is 1. The van der Waals surface area contributed by atoms with Crippen LogP contribution in [-0.2, 0) is 0 Å². The van der Waals surface area contributed by atoms with Gasteiger partial charge in [0.1, 0.15) is 10.2 Å². The summed E-state index contributed by atoms with van der Waals surface area (Å²) in [5.74, 6) is -3.48. The standard InChI is InChI=1S/C13H9BrF2O3/c1-18-12-10(16)9(15)8(14)11(17)13(12)19-7-5-3-2-4-6-7/h2-6,17H,1H3. The predicted octanol–water partition coefficient (Wildman–Crippen LogP) is 4.23. The Balaban J connectivity index is 2.56. The van der Waals surface area contributed by atoms with Crippen molar-refractivity contribution >= 4 is 15.9 Å². The summed E-state index contributed by atoms with van der Waals surface area (Å²) in [6.45, 7) is 0. The molecular weight excluding hydrogens is 322 g/mol. The molecule has 100 valence electrons. The molecule has 0 bridgehead atoms. The normalized spacial score (nSPS) is 10.3. The Kier molecular flexibility index (Phi) is 3.90. The van der Waals surface area contributed by atoms with Crippen LogP contribution < -0.4 is 9.47 Å². The van der Waals surface area contributed by atoms with E-state index < -0.39 is 27.6 Å². The van der Waals surface area contributed by atoms with Crippen LogP contribution in [0.1, 0.15) is 0 Å². The average molecular weight is 331 g/mol. The summed E-state index contributed by atoms with van der Waals surface area (Å²) < 4.78 is 36.8. The van der Waals surface area contributed by atoms with Gasteiger partial charge < -0.3 is 14.6 Å². The molecule has 0 atom stereocenters. The zero-order valence-electron chi connectivity index (χ0n) is 9.78. The molecule has 2 aromatic rings. The zero-order valence-corrected chi connectivity index (χ0v) is 11.4. The summed E-state index contributed by atoms with van der Waals surface area (Å²) >= 11 is 2.76. The molecule has 0 heterocycles. The molecule has 2 aromatic carbocycles. The van der Waals surface area contributed by atoms with Crippen LogP contribution in [0.25, 0.3) is 0 Å². The third-order valence-corrected chi connectivity index (χ3v) is 3.10. The van der Waals surface area contributed by atoms with Crippen molar-refractivity contribution in [3.63, 3.8) is 0 Å². The predicted molar refractivity (Wildman–Crippen MR) is 68.8 cm³/mol. The van der Waals surface area contributed by atoms with E-state index in [1.54, 1.807) is 30.3 Å². The fourth-order valence-electron chi connectivity index (χ4n) is 1.49. The van der Waals surface area contributed by atoms with E-state index in [1.165, 1.54) is 0 Å². The van der Waals surface area contributed by atoms with Gasteiger partial charge >= 0.3 is 0 Å². The van der Waals surface area contributed by atoms with Crippen molar-refractivity contribution in [2.24, 2.45) is 0 Å². The van der Waals surface area contributed by atoms with Crippen LogP contribution in [0.3, 0.4) is 0 Å². The van der Waals surface area contributed by atoms with Crippen molar-refractivity contribution in [1.29, 1.82) is 0 Å². The molecule has 0 aliphatic heterocycles. The van der Waals surface area contributed by atoms with Crippen LogP contribution in [0.2, 0.25) is 0 Å². The second-order valence-electron chi connectivity index (χ2n) is 3.57. The summed E-state index contributed by atoms with van der Waals surface area (Å²) in [5, 5.41) is 9.82. The van der Waals surface area contributed by atoms with Gasteiger partial charge in [-0.25, -0.2) is 4.39 Å². The largest absolute Gasteiger partial charge is 0.503 e. The number of aromatic hydroxyl groups is 1. The molecular formula is C13H9BrF2O3. The number of methoxy groups -OCH3 is 1. The smallest absolute Gasteiger partial charge is 0.215 e. The van der Waals surface area contributed by atoms with Gasteiger partial charge in [0.2, 0.25) is 17.3 Å². The summed E-state index contributed by atoms with van der Waals surface area (Å²) in [4.78, 5) is 0. The molecule has 19 heavy (non-hydrogen) atoms. The highest BCUT2D eigenvalue weighted by molar-refractivity contribution is 9.10. The Bertz CT molecular complexity index is 603. The van der Waals surface area contributed by atoms with Crippen LogP contribution in [0.5, 0.6) is 23.0 Å². The van der Waals surface area contributed by atoms with Crippen molar-refractivity contribution in [2.45, 2.75) is 0 Å². The lowest BCUT2D eigenvalue weighted by Crippen LogP contribution is -1.98. The maximum atomic E-state index is 13.7. The van der Waals surface area contributed by atoms with E-state index in [1.807, 2.05) is 0 Å². The van der Waals surface area contributed by atoms with E-state index in [9.17, 15) is 13.9 Å². The van der Waals surface area contributed by atoms with Crippen LogP contribution in [-0.4, -0.2) is 12.2 Å².